The lowest BCUT2D eigenvalue weighted by Gasteiger charge is -2.41. The van der Waals surface area contributed by atoms with Crippen LogP contribution in [0, 0.1) is 11.8 Å². The van der Waals surface area contributed by atoms with E-state index in [4.69, 9.17) is 4.74 Å². The summed E-state index contributed by atoms with van der Waals surface area (Å²) in [5, 5.41) is 0. The highest BCUT2D eigenvalue weighted by Gasteiger charge is 2.43. The largest absolute Gasteiger partial charge is 0.373 e. The molecular formula is C13H23NO. The summed E-state index contributed by atoms with van der Waals surface area (Å²) in [5.41, 5.74) is 0. The Hall–Kier alpha value is -0.0800. The zero-order valence-electron chi connectivity index (χ0n) is 9.98. The van der Waals surface area contributed by atoms with Crippen LogP contribution in [0.15, 0.2) is 0 Å². The van der Waals surface area contributed by atoms with Gasteiger partial charge in [-0.1, -0.05) is 6.42 Å². The summed E-state index contributed by atoms with van der Waals surface area (Å²) >= 11 is 0. The number of fused-ring (bicyclic) bond motifs is 2. The summed E-state index contributed by atoms with van der Waals surface area (Å²) in [4.78, 5) is 2.72. The van der Waals surface area contributed by atoms with Crippen LogP contribution in [0.1, 0.15) is 39.5 Å². The fourth-order valence-corrected chi connectivity index (χ4v) is 4.15. The SMILES string of the molecule is C[C@@H]1CN([C@@H]2C[C@H]3CC[C@H]2C3)C[C@H](C)O1. The topological polar surface area (TPSA) is 12.5 Å². The maximum absolute atomic E-state index is 5.81. The first-order valence-corrected chi connectivity index (χ1v) is 6.62. The van der Waals surface area contributed by atoms with Gasteiger partial charge in [-0.2, -0.15) is 0 Å². The van der Waals surface area contributed by atoms with Gasteiger partial charge in [0.05, 0.1) is 12.2 Å². The molecule has 0 spiro atoms. The normalized spacial score (nSPS) is 51.2. The second-order valence-electron chi connectivity index (χ2n) is 5.95. The summed E-state index contributed by atoms with van der Waals surface area (Å²) in [5.74, 6) is 2.08. The molecule has 1 saturated heterocycles. The molecule has 1 heterocycles. The summed E-state index contributed by atoms with van der Waals surface area (Å²) in [6.07, 6.45) is 6.88. The third-order valence-electron chi connectivity index (χ3n) is 4.62. The Bertz CT molecular complexity index is 233. The molecule has 2 heteroatoms. The van der Waals surface area contributed by atoms with Gasteiger partial charge < -0.3 is 4.74 Å². The molecule has 5 atom stereocenters. The van der Waals surface area contributed by atoms with E-state index in [0.717, 1.165) is 31.0 Å². The van der Waals surface area contributed by atoms with Gasteiger partial charge in [-0.3, -0.25) is 4.90 Å². The third-order valence-corrected chi connectivity index (χ3v) is 4.62. The van der Waals surface area contributed by atoms with E-state index in [9.17, 15) is 0 Å². The molecule has 0 aromatic carbocycles. The predicted molar refractivity (Wildman–Crippen MR) is 60.8 cm³/mol. The average Bonchev–Trinajstić information content (AvgIpc) is 2.76. The zero-order chi connectivity index (χ0) is 10.4. The summed E-state index contributed by atoms with van der Waals surface area (Å²) in [6.45, 7) is 6.77. The molecule has 0 radical (unpaired) electrons. The fraction of sp³-hybridized carbons (Fsp3) is 1.00. The second kappa shape index (κ2) is 3.74. The minimum absolute atomic E-state index is 0.438. The van der Waals surface area contributed by atoms with Crippen molar-refractivity contribution in [3.8, 4) is 0 Å². The van der Waals surface area contributed by atoms with Gasteiger partial charge in [0.15, 0.2) is 0 Å². The number of hydrogen-bond donors (Lipinski definition) is 0. The molecule has 0 aromatic heterocycles. The van der Waals surface area contributed by atoms with Gasteiger partial charge in [-0.25, -0.2) is 0 Å². The minimum atomic E-state index is 0.438. The third kappa shape index (κ3) is 1.83. The highest BCUT2D eigenvalue weighted by atomic mass is 16.5. The Morgan fingerprint density at radius 3 is 2.27 bits per heavy atom. The average molecular weight is 209 g/mol. The van der Waals surface area contributed by atoms with Crippen molar-refractivity contribution in [3.63, 3.8) is 0 Å². The molecule has 1 aliphatic heterocycles. The maximum Gasteiger partial charge on any atom is 0.0678 e. The van der Waals surface area contributed by atoms with Crippen molar-refractivity contribution in [1.82, 2.24) is 4.90 Å². The van der Waals surface area contributed by atoms with Crippen LogP contribution in [0.5, 0.6) is 0 Å². The first-order chi connectivity index (χ1) is 7.22. The molecule has 0 amide bonds. The maximum atomic E-state index is 5.81. The highest BCUT2D eigenvalue weighted by Crippen LogP contribution is 2.47. The number of ether oxygens (including phenoxy) is 1. The van der Waals surface area contributed by atoms with Crippen LogP contribution >= 0.6 is 0 Å². The Balaban J connectivity index is 1.66. The fourth-order valence-electron chi connectivity index (χ4n) is 4.15. The van der Waals surface area contributed by atoms with Gasteiger partial charge in [0, 0.05) is 19.1 Å². The van der Waals surface area contributed by atoms with Gasteiger partial charge in [0.25, 0.3) is 0 Å². The van der Waals surface area contributed by atoms with E-state index in [2.05, 4.69) is 18.7 Å². The number of nitrogens with zero attached hydrogens (tertiary/aromatic N) is 1. The molecule has 3 rings (SSSR count). The zero-order valence-corrected chi connectivity index (χ0v) is 9.98. The number of hydrogen-bond acceptors (Lipinski definition) is 2. The van der Waals surface area contributed by atoms with Crippen LogP contribution in [-0.2, 0) is 4.74 Å². The van der Waals surface area contributed by atoms with Gasteiger partial charge >= 0.3 is 0 Å². The molecule has 0 aromatic rings. The van der Waals surface area contributed by atoms with E-state index in [0.29, 0.717) is 12.2 Å². The van der Waals surface area contributed by atoms with Crippen molar-refractivity contribution in [2.75, 3.05) is 13.1 Å². The van der Waals surface area contributed by atoms with Gasteiger partial charge in [0.2, 0.25) is 0 Å². The number of morpholine rings is 1. The van der Waals surface area contributed by atoms with Crippen molar-refractivity contribution < 1.29 is 4.74 Å². The second-order valence-corrected chi connectivity index (χ2v) is 5.95. The summed E-state index contributed by atoms with van der Waals surface area (Å²) in [7, 11) is 0. The molecule has 2 aliphatic carbocycles. The van der Waals surface area contributed by atoms with Crippen molar-refractivity contribution in [1.29, 1.82) is 0 Å². The lowest BCUT2D eigenvalue weighted by atomic mass is 9.93. The van der Waals surface area contributed by atoms with Crippen LogP contribution in [0.3, 0.4) is 0 Å². The Morgan fingerprint density at radius 2 is 1.73 bits per heavy atom. The molecule has 86 valence electrons. The van der Waals surface area contributed by atoms with Gasteiger partial charge in [0.1, 0.15) is 0 Å². The Morgan fingerprint density at radius 1 is 1.00 bits per heavy atom. The molecule has 2 nitrogen and oxygen atoms in total. The summed E-state index contributed by atoms with van der Waals surface area (Å²) < 4.78 is 5.81. The minimum Gasteiger partial charge on any atom is -0.373 e. The molecule has 3 aliphatic rings. The monoisotopic (exact) mass is 209 g/mol. The molecule has 3 fully saturated rings. The summed E-state index contributed by atoms with van der Waals surface area (Å²) in [6, 6.07) is 0.901. The molecule has 15 heavy (non-hydrogen) atoms. The Kier molecular flexibility index (Phi) is 2.52. The first kappa shape index (κ1) is 10.1. The van der Waals surface area contributed by atoms with E-state index in [1.54, 1.807) is 0 Å². The van der Waals surface area contributed by atoms with Crippen molar-refractivity contribution >= 4 is 0 Å². The van der Waals surface area contributed by atoms with E-state index >= 15 is 0 Å². The van der Waals surface area contributed by atoms with Crippen LogP contribution in [0.2, 0.25) is 0 Å². The molecular weight excluding hydrogens is 186 g/mol. The number of rotatable bonds is 1. The van der Waals surface area contributed by atoms with Crippen molar-refractivity contribution in [2.45, 2.75) is 57.8 Å². The molecule has 0 unspecified atom stereocenters. The van der Waals surface area contributed by atoms with E-state index in [1.807, 2.05) is 0 Å². The van der Waals surface area contributed by atoms with E-state index in [1.165, 1.54) is 25.7 Å². The van der Waals surface area contributed by atoms with Gasteiger partial charge in [-0.05, 0) is 44.9 Å². The predicted octanol–water partition coefficient (Wildman–Crippen LogP) is 2.28. The van der Waals surface area contributed by atoms with Crippen molar-refractivity contribution in [2.24, 2.45) is 11.8 Å². The van der Waals surface area contributed by atoms with Crippen LogP contribution in [0.4, 0.5) is 0 Å². The Labute approximate surface area is 93.0 Å². The molecule has 2 saturated carbocycles. The smallest absolute Gasteiger partial charge is 0.0678 e. The van der Waals surface area contributed by atoms with Crippen molar-refractivity contribution in [3.05, 3.63) is 0 Å². The first-order valence-electron chi connectivity index (χ1n) is 6.62. The van der Waals surface area contributed by atoms with Gasteiger partial charge in [-0.15, -0.1) is 0 Å². The highest BCUT2D eigenvalue weighted by molar-refractivity contribution is 4.96. The van der Waals surface area contributed by atoms with Crippen LogP contribution in [-0.4, -0.2) is 36.2 Å². The lowest BCUT2D eigenvalue weighted by molar-refractivity contribution is -0.0862. The lowest BCUT2D eigenvalue weighted by Crippen LogP contribution is -2.51. The standard InChI is InChI=1S/C13H23NO/c1-9-7-14(8-10(2)15-9)13-6-11-3-4-12(13)5-11/h9-13H,3-8H2,1-2H3/t9-,10+,11-,12-,13+/m0/s1. The quantitative estimate of drug-likeness (QED) is 0.657. The van der Waals surface area contributed by atoms with Crippen LogP contribution in [0.25, 0.3) is 0 Å². The van der Waals surface area contributed by atoms with Crippen LogP contribution < -0.4 is 0 Å². The van der Waals surface area contributed by atoms with E-state index in [-0.39, 0.29) is 0 Å². The van der Waals surface area contributed by atoms with E-state index < -0.39 is 0 Å². The molecule has 2 bridgehead atoms. The molecule has 0 N–H and O–H groups in total.